The fraction of sp³-hybridized carbons (Fsp3) is 0.0769. The smallest absolute Gasteiger partial charge is 0.319 e. The zero-order valence-corrected chi connectivity index (χ0v) is 18.8. The van der Waals surface area contributed by atoms with Crippen LogP contribution in [0.5, 0.6) is 11.5 Å². The molecule has 2 aromatic carbocycles. The maximum absolute atomic E-state index is 12.1. The van der Waals surface area contributed by atoms with E-state index in [0.717, 1.165) is 11.1 Å². The first-order valence-corrected chi connectivity index (χ1v) is 10.9. The van der Waals surface area contributed by atoms with E-state index < -0.39 is 0 Å². The number of hydrogen-bond acceptors (Lipinski definition) is 5. The Morgan fingerprint density at radius 2 is 1.06 bits per heavy atom. The zero-order chi connectivity index (χ0) is 24.3. The highest BCUT2D eigenvalue weighted by atomic mass is 16.5. The molecule has 0 spiro atoms. The minimum atomic E-state index is -0.310. The molecule has 0 saturated heterocycles. The first-order valence-electron chi connectivity index (χ1n) is 10.9. The number of urea groups is 2. The Morgan fingerprint density at radius 3 is 1.43 bits per heavy atom. The van der Waals surface area contributed by atoms with Crippen LogP contribution in [-0.2, 0) is 13.1 Å². The number of rotatable bonds is 8. The molecule has 2 aromatic heterocycles. The van der Waals surface area contributed by atoms with E-state index in [1.165, 1.54) is 0 Å². The van der Waals surface area contributed by atoms with Crippen molar-refractivity contribution in [3.05, 3.63) is 109 Å². The molecule has 4 N–H and O–H groups in total. The third kappa shape index (κ3) is 7.57. The van der Waals surface area contributed by atoms with Gasteiger partial charge < -0.3 is 26.0 Å². The lowest BCUT2D eigenvalue weighted by Crippen LogP contribution is -2.28. The van der Waals surface area contributed by atoms with Crippen molar-refractivity contribution >= 4 is 23.4 Å². The van der Waals surface area contributed by atoms with Gasteiger partial charge >= 0.3 is 12.1 Å². The van der Waals surface area contributed by atoms with Gasteiger partial charge in [0.25, 0.3) is 0 Å². The maximum atomic E-state index is 12.1. The molecule has 0 aliphatic rings. The minimum absolute atomic E-state index is 0.310. The molecule has 0 aliphatic carbocycles. The van der Waals surface area contributed by atoms with Crippen molar-refractivity contribution in [2.75, 3.05) is 10.6 Å². The van der Waals surface area contributed by atoms with E-state index in [1.807, 2.05) is 24.3 Å². The van der Waals surface area contributed by atoms with Crippen LogP contribution in [-0.4, -0.2) is 22.0 Å². The maximum Gasteiger partial charge on any atom is 0.319 e. The Balaban J connectivity index is 1.21. The van der Waals surface area contributed by atoms with E-state index in [2.05, 4.69) is 31.2 Å². The Morgan fingerprint density at radius 1 is 0.629 bits per heavy atom. The summed E-state index contributed by atoms with van der Waals surface area (Å²) in [4.78, 5) is 32.2. The lowest BCUT2D eigenvalue weighted by Gasteiger charge is -2.10. The Hall–Kier alpha value is -4.92. The first kappa shape index (κ1) is 23.2. The van der Waals surface area contributed by atoms with Crippen LogP contribution in [0.4, 0.5) is 21.0 Å². The fourth-order valence-electron chi connectivity index (χ4n) is 3.07. The lowest BCUT2D eigenvalue weighted by molar-refractivity contribution is 0.251. The number of hydrogen-bond donors (Lipinski definition) is 4. The van der Waals surface area contributed by atoms with Crippen molar-refractivity contribution in [1.82, 2.24) is 20.6 Å². The van der Waals surface area contributed by atoms with Gasteiger partial charge in [0.1, 0.15) is 11.5 Å². The third-order valence-electron chi connectivity index (χ3n) is 4.81. The number of carbonyl (C=O) groups excluding carboxylic acids is 2. The van der Waals surface area contributed by atoms with Crippen LogP contribution in [0.3, 0.4) is 0 Å². The number of pyridine rings is 2. The number of ether oxygens (including phenoxy) is 1. The van der Waals surface area contributed by atoms with Gasteiger partial charge in [-0.1, -0.05) is 12.1 Å². The van der Waals surface area contributed by atoms with E-state index in [9.17, 15) is 9.59 Å². The van der Waals surface area contributed by atoms with Gasteiger partial charge in [0.2, 0.25) is 0 Å². The topological polar surface area (TPSA) is 117 Å². The van der Waals surface area contributed by atoms with Gasteiger partial charge in [0, 0.05) is 49.3 Å². The number of nitrogens with zero attached hydrogens (tertiary/aromatic N) is 2. The monoisotopic (exact) mass is 468 g/mol. The van der Waals surface area contributed by atoms with E-state index >= 15 is 0 Å². The van der Waals surface area contributed by atoms with Crippen LogP contribution in [0.1, 0.15) is 11.1 Å². The number of anilines is 2. The molecule has 4 rings (SSSR count). The number of amides is 4. The summed E-state index contributed by atoms with van der Waals surface area (Å²) in [7, 11) is 0. The molecule has 0 atom stereocenters. The molecular formula is C26H24N6O3. The molecule has 9 heteroatoms. The van der Waals surface area contributed by atoms with Gasteiger partial charge in [-0.3, -0.25) is 9.97 Å². The second-order valence-electron chi connectivity index (χ2n) is 7.49. The van der Waals surface area contributed by atoms with Crippen molar-refractivity contribution in [1.29, 1.82) is 0 Å². The molecular weight excluding hydrogens is 444 g/mol. The minimum Gasteiger partial charge on any atom is -0.457 e. The van der Waals surface area contributed by atoms with E-state index in [-0.39, 0.29) is 12.1 Å². The predicted molar refractivity (Wildman–Crippen MR) is 133 cm³/mol. The Kier molecular flexibility index (Phi) is 7.84. The van der Waals surface area contributed by atoms with Crippen molar-refractivity contribution in [2.45, 2.75) is 13.1 Å². The van der Waals surface area contributed by atoms with Gasteiger partial charge in [0.15, 0.2) is 0 Å². The van der Waals surface area contributed by atoms with Crippen LogP contribution < -0.4 is 26.0 Å². The normalized spacial score (nSPS) is 10.2. The molecule has 0 fully saturated rings. The Labute approximate surface area is 202 Å². The summed E-state index contributed by atoms with van der Waals surface area (Å²) in [6, 6.07) is 20.8. The molecule has 9 nitrogen and oxygen atoms in total. The number of aromatic nitrogens is 2. The van der Waals surface area contributed by atoms with Gasteiger partial charge in [-0.2, -0.15) is 0 Å². The van der Waals surface area contributed by atoms with Crippen LogP contribution in [0, 0.1) is 0 Å². The van der Waals surface area contributed by atoms with Crippen LogP contribution >= 0.6 is 0 Å². The summed E-state index contributed by atoms with van der Waals surface area (Å²) < 4.78 is 5.84. The molecule has 0 bridgehead atoms. The number of nitrogens with one attached hydrogen (secondary N) is 4. The van der Waals surface area contributed by atoms with Gasteiger partial charge in [-0.05, 0) is 71.8 Å². The van der Waals surface area contributed by atoms with Crippen LogP contribution in [0.2, 0.25) is 0 Å². The van der Waals surface area contributed by atoms with E-state index in [1.54, 1.807) is 73.3 Å². The third-order valence-corrected chi connectivity index (χ3v) is 4.81. The predicted octanol–water partition coefficient (Wildman–Crippen LogP) is 4.91. The molecule has 35 heavy (non-hydrogen) atoms. The molecule has 0 radical (unpaired) electrons. The highest BCUT2D eigenvalue weighted by Crippen LogP contribution is 2.24. The highest BCUT2D eigenvalue weighted by molar-refractivity contribution is 5.89. The average molecular weight is 469 g/mol. The molecule has 0 saturated carbocycles. The molecule has 4 aromatic rings. The van der Waals surface area contributed by atoms with Crippen molar-refractivity contribution in [2.24, 2.45) is 0 Å². The quantitative estimate of drug-likeness (QED) is 0.293. The second-order valence-corrected chi connectivity index (χ2v) is 7.49. The Bertz CT molecular complexity index is 1130. The fourth-order valence-corrected chi connectivity index (χ4v) is 3.07. The summed E-state index contributed by atoms with van der Waals surface area (Å²) in [5, 5.41) is 11.1. The zero-order valence-electron chi connectivity index (χ0n) is 18.8. The molecule has 2 heterocycles. The van der Waals surface area contributed by atoms with E-state index in [0.29, 0.717) is 36.0 Å². The van der Waals surface area contributed by atoms with Crippen LogP contribution in [0.25, 0.3) is 0 Å². The molecule has 0 aliphatic heterocycles. The largest absolute Gasteiger partial charge is 0.457 e. The number of carbonyl (C=O) groups is 2. The summed E-state index contributed by atoms with van der Waals surface area (Å²) in [5.74, 6) is 1.22. The molecule has 0 unspecified atom stereocenters. The van der Waals surface area contributed by atoms with Gasteiger partial charge in [0.05, 0.1) is 0 Å². The van der Waals surface area contributed by atoms with Gasteiger partial charge in [-0.25, -0.2) is 9.59 Å². The van der Waals surface area contributed by atoms with Crippen molar-refractivity contribution < 1.29 is 14.3 Å². The van der Waals surface area contributed by atoms with Crippen molar-refractivity contribution in [3.63, 3.8) is 0 Å². The highest BCUT2D eigenvalue weighted by Gasteiger charge is 2.05. The van der Waals surface area contributed by atoms with Crippen LogP contribution in [0.15, 0.2) is 97.6 Å². The standard InChI is InChI=1S/C26H24N6O3/c33-25(29-17-19-3-1-13-27-15-19)31-21-5-9-23(10-6-21)35-24-11-7-22(8-12-24)32-26(34)30-18-20-4-2-14-28-16-20/h1-16H,17-18H2,(H2,29,31,33)(H2,30,32,34). The summed E-state index contributed by atoms with van der Waals surface area (Å²) >= 11 is 0. The lowest BCUT2D eigenvalue weighted by atomic mass is 10.2. The summed E-state index contributed by atoms with van der Waals surface area (Å²) in [5.41, 5.74) is 3.10. The molecule has 4 amide bonds. The number of benzene rings is 2. The van der Waals surface area contributed by atoms with E-state index in [4.69, 9.17) is 4.74 Å². The summed E-state index contributed by atoms with van der Waals surface area (Å²) in [6.45, 7) is 0.774. The molecule has 176 valence electrons. The first-order chi connectivity index (χ1) is 17.1. The SMILES string of the molecule is O=C(NCc1cccnc1)Nc1ccc(Oc2ccc(NC(=O)NCc3cccnc3)cc2)cc1. The second kappa shape index (κ2) is 11.8. The van der Waals surface area contributed by atoms with Gasteiger partial charge in [-0.15, -0.1) is 0 Å². The summed E-state index contributed by atoms with van der Waals surface area (Å²) in [6.07, 6.45) is 6.77. The van der Waals surface area contributed by atoms with Crippen molar-refractivity contribution in [3.8, 4) is 11.5 Å². The average Bonchev–Trinajstić information content (AvgIpc) is 2.90.